The second kappa shape index (κ2) is 11.6. The largest absolute Gasteiger partial charge is 0.466 e. The van der Waals surface area contributed by atoms with E-state index in [0.29, 0.717) is 6.61 Å². The second-order valence-electron chi connectivity index (χ2n) is 3.78. The molecule has 0 saturated heterocycles. The third kappa shape index (κ3) is 20.9. The van der Waals surface area contributed by atoms with Crippen molar-refractivity contribution >= 4 is 13.8 Å². The Morgan fingerprint density at radius 1 is 1.22 bits per heavy atom. The summed E-state index contributed by atoms with van der Waals surface area (Å²) in [5.74, 6) is -0.248. The van der Waals surface area contributed by atoms with Gasteiger partial charge in [-0.3, -0.25) is 4.79 Å². The Morgan fingerprint density at radius 2 is 1.67 bits per heavy atom. The molecule has 0 bridgehead atoms. The average Bonchev–Trinajstić information content (AvgIpc) is 2.23. The molecule has 0 aliphatic carbocycles. The Hall–Kier alpha value is -0.460. The number of ether oxygens (including phenoxy) is 1. The highest BCUT2D eigenvalue weighted by Crippen LogP contribution is 2.25. The number of phosphoric acid groups is 1. The first-order valence-electron chi connectivity index (χ1n) is 5.92. The summed E-state index contributed by atoms with van der Waals surface area (Å²) in [5, 5.41) is 0. The van der Waals surface area contributed by atoms with Crippen molar-refractivity contribution in [2.24, 2.45) is 5.73 Å². The van der Waals surface area contributed by atoms with Crippen molar-refractivity contribution in [2.45, 2.75) is 52.0 Å². The van der Waals surface area contributed by atoms with Crippen LogP contribution in [-0.4, -0.2) is 33.3 Å². The number of nitrogens with two attached hydrogens (primary N) is 1. The molecule has 0 fully saturated rings. The first kappa shape index (κ1) is 19.9. The SMILES string of the molecule is CCCCOC(=O)C(N)CCCC.O=P(O)(O)O. The first-order chi connectivity index (χ1) is 8.22. The molecule has 8 heteroatoms. The lowest BCUT2D eigenvalue weighted by Crippen LogP contribution is -2.32. The van der Waals surface area contributed by atoms with Crippen LogP contribution in [0.2, 0.25) is 0 Å². The van der Waals surface area contributed by atoms with Crippen LogP contribution in [0.5, 0.6) is 0 Å². The molecule has 0 spiro atoms. The van der Waals surface area contributed by atoms with E-state index in [1.54, 1.807) is 0 Å². The Bertz CT molecular complexity index is 246. The van der Waals surface area contributed by atoms with Crippen LogP contribution < -0.4 is 5.73 Å². The zero-order valence-corrected chi connectivity index (χ0v) is 11.8. The van der Waals surface area contributed by atoms with Crippen LogP contribution in [0.3, 0.4) is 0 Å². The summed E-state index contributed by atoms with van der Waals surface area (Å²) < 4.78 is 13.9. The summed E-state index contributed by atoms with van der Waals surface area (Å²) in [6.07, 6.45) is 4.76. The minimum Gasteiger partial charge on any atom is -0.465 e. The standard InChI is InChI=1S/C10H21NO2.H3O4P/c1-3-5-7-9(11)10(12)13-8-6-4-2;1-5(2,3)4/h9H,3-8,11H2,1-2H3;(H3,1,2,3,4). The highest BCUT2D eigenvalue weighted by molar-refractivity contribution is 7.45. The minimum atomic E-state index is -4.64. The Balaban J connectivity index is 0. The predicted molar refractivity (Wildman–Crippen MR) is 67.6 cm³/mol. The van der Waals surface area contributed by atoms with Crippen molar-refractivity contribution < 1.29 is 28.8 Å². The fourth-order valence-corrected chi connectivity index (χ4v) is 0.966. The van der Waals surface area contributed by atoms with Crippen molar-refractivity contribution in [1.29, 1.82) is 0 Å². The van der Waals surface area contributed by atoms with E-state index in [1.807, 2.05) is 0 Å². The number of hydrogen-bond donors (Lipinski definition) is 4. The predicted octanol–water partition coefficient (Wildman–Crippen LogP) is 0.919. The lowest BCUT2D eigenvalue weighted by Gasteiger charge is -2.10. The van der Waals surface area contributed by atoms with Gasteiger partial charge in [0.25, 0.3) is 0 Å². The average molecular weight is 285 g/mol. The van der Waals surface area contributed by atoms with Gasteiger partial charge in [0.1, 0.15) is 6.04 Å². The van der Waals surface area contributed by atoms with E-state index in [-0.39, 0.29) is 5.97 Å². The molecule has 7 nitrogen and oxygen atoms in total. The van der Waals surface area contributed by atoms with Crippen LogP contribution in [0.4, 0.5) is 0 Å². The Kier molecular flexibility index (Phi) is 12.8. The molecule has 5 N–H and O–H groups in total. The summed E-state index contributed by atoms with van der Waals surface area (Å²) in [7, 11) is -4.64. The summed E-state index contributed by atoms with van der Waals surface area (Å²) >= 11 is 0. The molecular weight excluding hydrogens is 261 g/mol. The molecular formula is C10H24NO6P. The van der Waals surface area contributed by atoms with E-state index < -0.39 is 13.9 Å². The maximum Gasteiger partial charge on any atom is 0.466 e. The first-order valence-corrected chi connectivity index (χ1v) is 7.49. The number of hydrogen-bond acceptors (Lipinski definition) is 4. The van der Waals surface area contributed by atoms with Crippen molar-refractivity contribution in [3.05, 3.63) is 0 Å². The maximum absolute atomic E-state index is 11.2. The molecule has 1 atom stereocenters. The number of unbranched alkanes of at least 4 members (excludes halogenated alkanes) is 2. The number of carbonyl (C=O) groups is 1. The van der Waals surface area contributed by atoms with Gasteiger partial charge in [0.05, 0.1) is 6.61 Å². The molecule has 0 radical (unpaired) electrons. The molecule has 0 rings (SSSR count). The maximum atomic E-state index is 11.2. The van der Waals surface area contributed by atoms with Gasteiger partial charge in [0.2, 0.25) is 0 Å². The Morgan fingerprint density at radius 3 is 2.06 bits per heavy atom. The lowest BCUT2D eigenvalue weighted by atomic mass is 10.1. The van der Waals surface area contributed by atoms with Gasteiger partial charge < -0.3 is 25.2 Å². The molecule has 0 aliphatic heterocycles. The minimum absolute atomic E-state index is 0.248. The van der Waals surface area contributed by atoms with E-state index >= 15 is 0 Å². The topological polar surface area (TPSA) is 130 Å². The van der Waals surface area contributed by atoms with E-state index in [9.17, 15) is 4.79 Å². The normalized spacial score (nSPS) is 12.3. The van der Waals surface area contributed by atoms with Gasteiger partial charge in [0.15, 0.2) is 0 Å². The van der Waals surface area contributed by atoms with Gasteiger partial charge in [-0.1, -0.05) is 33.1 Å². The summed E-state index contributed by atoms with van der Waals surface area (Å²) in [4.78, 5) is 32.7. The van der Waals surface area contributed by atoms with Crippen LogP contribution in [0.25, 0.3) is 0 Å². The molecule has 18 heavy (non-hydrogen) atoms. The number of esters is 1. The zero-order valence-electron chi connectivity index (χ0n) is 10.9. The van der Waals surface area contributed by atoms with Crippen LogP contribution in [0.15, 0.2) is 0 Å². The zero-order chi connectivity index (χ0) is 14.6. The van der Waals surface area contributed by atoms with Gasteiger partial charge in [0, 0.05) is 0 Å². The number of carbonyl (C=O) groups excluding carboxylic acids is 1. The molecule has 0 aromatic carbocycles. The van der Waals surface area contributed by atoms with Gasteiger partial charge in [-0.15, -0.1) is 0 Å². The smallest absolute Gasteiger partial charge is 0.465 e. The molecule has 0 heterocycles. The van der Waals surface area contributed by atoms with Crippen LogP contribution in [0, 0.1) is 0 Å². The van der Waals surface area contributed by atoms with Gasteiger partial charge in [-0.25, -0.2) is 4.57 Å². The van der Waals surface area contributed by atoms with Crippen molar-refractivity contribution in [1.82, 2.24) is 0 Å². The summed E-state index contributed by atoms with van der Waals surface area (Å²) in [6.45, 7) is 4.65. The van der Waals surface area contributed by atoms with Gasteiger partial charge >= 0.3 is 13.8 Å². The van der Waals surface area contributed by atoms with E-state index in [1.165, 1.54) is 0 Å². The van der Waals surface area contributed by atoms with Crippen LogP contribution >= 0.6 is 7.82 Å². The lowest BCUT2D eigenvalue weighted by molar-refractivity contribution is -0.145. The van der Waals surface area contributed by atoms with Crippen molar-refractivity contribution in [2.75, 3.05) is 6.61 Å². The van der Waals surface area contributed by atoms with E-state index in [4.69, 9.17) is 29.7 Å². The molecule has 0 saturated carbocycles. The summed E-state index contributed by atoms with van der Waals surface area (Å²) in [6, 6.07) is -0.420. The fraction of sp³-hybridized carbons (Fsp3) is 0.900. The highest BCUT2D eigenvalue weighted by atomic mass is 31.2. The monoisotopic (exact) mass is 285 g/mol. The fourth-order valence-electron chi connectivity index (χ4n) is 0.966. The molecule has 110 valence electrons. The molecule has 0 aliphatic rings. The number of rotatable bonds is 7. The van der Waals surface area contributed by atoms with Crippen LogP contribution in [-0.2, 0) is 14.1 Å². The van der Waals surface area contributed by atoms with E-state index in [2.05, 4.69) is 13.8 Å². The second-order valence-corrected chi connectivity index (χ2v) is 4.81. The highest BCUT2D eigenvalue weighted by Gasteiger charge is 2.13. The van der Waals surface area contributed by atoms with Crippen molar-refractivity contribution in [3.63, 3.8) is 0 Å². The summed E-state index contributed by atoms with van der Waals surface area (Å²) in [5.41, 5.74) is 5.61. The quantitative estimate of drug-likeness (QED) is 0.311. The van der Waals surface area contributed by atoms with E-state index in [0.717, 1.165) is 32.1 Å². The molecule has 1 unspecified atom stereocenters. The van der Waals surface area contributed by atoms with Crippen LogP contribution in [0.1, 0.15) is 46.0 Å². The van der Waals surface area contributed by atoms with Crippen molar-refractivity contribution in [3.8, 4) is 0 Å². The van der Waals surface area contributed by atoms with Gasteiger partial charge in [-0.2, -0.15) is 0 Å². The molecule has 0 aromatic rings. The molecule has 0 aromatic heterocycles. The van der Waals surface area contributed by atoms with Gasteiger partial charge in [-0.05, 0) is 12.8 Å². The molecule has 0 amide bonds. The Labute approximate surface area is 108 Å². The third-order valence-electron chi connectivity index (χ3n) is 1.91. The third-order valence-corrected chi connectivity index (χ3v) is 1.91.